The number of nitrogens with zero attached hydrogens (tertiary/aromatic N) is 1. The summed E-state index contributed by atoms with van der Waals surface area (Å²) in [6, 6.07) is 46.0. The summed E-state index contributed by atoms with van der Waals surface area (Å²) in [5.74, 6) is 0. The van der Waals surface area contributed by atoms with Crippen LogP contribution in [0.15, 0.2) is 181 Å². The highest BCUT2D eigenvalue weighted by atomic mass is 15.0. The van der Waals surface area contributed by atoms with Crippen LogP contribution in [0.1, 0.15) is 39.2 Å². The highest BCUT2D eigenvalue weighted by Gasteiger charge is 2.15. The van der Waals surface area contributed by atoms with Gasteiger partial charge in [-0.3, -0.25) is 0 Å². The van der Waals surface area contributed by atoms with E-state index in [9.17, 15) is 0 Å². The van der Waals surface area contributed by atoms with Crippen molar-refractivity contribution in [2.24, 2.45) is 0 Å². The van der Waals surface area contributed by atoms with E-state index in [0.717, 1.165) is 24.1 Å². The molecule has 2 heteroatoms. The lowest BCUT2D eigenvalue weighted by molar-refractivity contribution is 0.947. The largest absolute Gasteiger partial charge is 0.358 e. The molecular formula is C47H42N2. The van der Waals surface area contributed by atoms with E-state index in [1.165, 1.54) is 71.4 Å². The third-order valence-electron chi connectivity index (χ3n) is 9.31. The Morgan fingerprint density at radius 3 is 2.14 bits per heavy atom. The van der Waals surface area contributed by atoms with Crippen LogP contribution in [0.25, 0.3) is 54.6 Å². The molecule has 0 amide bonds. The minimum absolute atomic E-state index is 0.977. The van der Waals surface area contributed by atoms with E-state index in [2.05, 4.69) is 175 Å². The summed E-state index contributed by atoms with van der Waals surface area (Å²) >= 11 is 0. The van der Waals surface area contributed by atoms with Crippen LogP contribution >= 0.6 is 0 Å². The molecule has 2 nitrogen and oxygen atoms in total. The summed E-state index contributed by atoms with van der Waals surface area (Å²) in [5, 5.41) is 11.2. The summed E-state index contributed by atoms with van der Waals surface area (Å²) < 4.78 is 2.39. The van der Waals surface area contributed by atoms with Gasteiger partial charge in [0, 0.05) is 27.8 Å². The molecular weight excluding hydrogens is 593 g/mol. The third kappa shape index (κ3) is 6.26. The first kappa shape index (κ1) is 31.7. The first-order valence-electron chi connectivity index (χ1n) is 17.4. The fourth-order valence-corrected chi connectivity index (χ4v) is 7.02. The fourth-order valence-electron chi connectivity index (χ4n) is 7.02. The van der Waals surface area contributed by atoms with Gasteiger partial charge in [-0.25, -0.2) is 0 Å². The van der Waals surface area contributed by atoms with Gasteiger partial charge in [-0.2, -0.15) is 0 Å². The van der Waals surface area contributed by atoms with Crippen molar-refractivity contribution in [2.45, 2.75) is 33.6 Å². The Balaban J connectivity index is 0.00000186. The zero-order valence-electron chi connectivity index (χ0n) is 28.6. The number of anilines is 1. The predicted octanol–water partition coefficient (Wildman–Crippen LogP) is 13.3. The normalized spacial score (nSPS) is 13.6. The van der Waals surface area contributed by atoms with Crippen molar-refractivity contribution in [1.82, 2.24) is 4.57 Å². The number of hydrogen-bond acceptors (Lipinski definition) is 1. The number of benzene rings is 6. The van der Waals surface area contributed by atoms with Gasteiger partial charge in [0.15, 0.2) is 0 Å². The average Bonchev–Trinajstić information content (AvgIpc) is 3.49. The number of nitrogens with one attached hydrogen (secondary N) is 1. The second-order valence-electron chi connectivity index (χ2n) is 12.3. The van der Waals surface area contributed by atoms with Crippen molar-refractivity contribution < 1.29 is 0 Å². The molecule has 0 atom stereocenters. The molecule has 1 aromatic heterocycles. The lowest BCUT2D eigenvalue weighted by atomic mass is 9.93. The topological polar surface area (TPSA) is 17.0 Å². The van der Waals surface area contributed by atoms with Crippen LogP contribution in [0.5, 0.6) is 0 Å². The highest BCUT2D eigenvalue weighted by molar-refractivity contribution is 6.10. The molecule has 0 bridgehead atoms. The van der Waals surface area contributed by atoms with Crippen LogP contribution in [-0.4, -0.2) is 4.57 Å². The molecule has 1 aliphatic carbocycles. The maximum atomic E-state index is 4.07. The van der Waals surface area contributed by atoms with Crippen LogP contribution in [-0.2, 0) is 0 Å². The summed E-state index contributed by atoms with van der Waals surface area (Å²) in [7, 11) is 0. The lowest BCUT2D eigenvalue weighted by Crippen LogP contribution is -2.06. The Hall–Kier alpha value is -5.86. The Labute approximate surface area is 289 Å². The van der Waals surface area contributed by atoms with E-state index in [1.807, 2.05) is 19.9 Å². The van der Waals surface area contributed by atoms with Crippen LogP contribution in [0.4, 0.5) is 5.69 Å². The zero-order valence-corrected chi connectivity index (χ0v) is 28.6. The van der Waals surface area contributed by atoms with Crippen molar-refractivity contribution in [2.75, 3.05) is 5.32 Å². The molecule has 8 rings (SSSR count). The Bertz CT molecular complexity index is 2460. The third-order valence-corrected chi connectivity index (χ3v) is 9.31. The maximum absolute atomic E-state index is 4.07. The average molecular weight is 635 g/mol. The second-order valence-corrected chi connectivity index (χ2v) is 12.3. The first-order chi connectivity index (χ1) is 24.2. The molecule has 0 saturated carbocycles. The van der Waals surface area contributed by atoms with Gasteiger partial charge in [0.25, 0.3) is 0 Å². The van der Waals surface area contributed by atoms with E-state index < -0.39 is 0 Å². The predicted molar refractivity (Wildman–Crippen MR) is 215 cm³/mol. The van der Waals surface area contributed by atoms with Crippen molar-refractivity contribution in [3.63, 3.8) is 0 Å². The minimum atomic E-state index is 0.977. The second kappa shape index (κ2) is 14.1. The summed E-state index contributed by atoms with van der Waals surface area (Å²) in [6.45, 7) is 10.3. The summed E-state index contributed by atoms with van der Waals surface area (Å²) in [6.07, 6.45) is 12.9. The first-order valence-corrected chi connectivity index (χ1v) is 17.4. The van der Waals surface area contributed by atoms with E-state index in [0.29, 0.717) is 0 Å². The van der Waals surface area contributed by atoms with Crippen molar-refractivity contribution >= 4 is 54.6 Å². The molecule has 7 aromatic rings. The molecule has 49 heavy (non-hydrogen) atoms. The van der Waals surface area contributed by atoms with Gasteiger partial charge >= 0.3 is 0 Å². The molecule has 0 saturated heterocycles. The van der Waals surface area contributed by atoms with Gasteiger partial charge in [-0.1, -0.05) is 136 Å². The number of hydrogen-bond donors (Lipinski definition) is 1. The van der Waals surface area contributed by atoms with Gasteiger partial charge in [0.05, 0.1) is 11.0 Å². The molecule has 0 radical (unpaired) electrons. The van der Waals surface area contributed by atoms with E-state index in [4.69, 9.17) is 0 Å². The van der Waals surface area contributed by atoms with Crippen molar-refractivity contribution in [3.05, 3.63) is 187 Å². The van der Waals surface area contributed by atoms with Gasteiger partial charge in [0.1, 0.15) is 0 Å². The van der Waals surface area contributed by atoms with Gasteiger partial charge < -0.3 is 9.88 Å². The van der Waals surface area contributed by atoms with E-state index in [1.54, 1.807) is 0 Å². The standard InChI is InChI=1S/C45H36N2.C2H6/c1-3-12-34(27-31(2)40-17-8-10-19-43(40)46-38-24-21-32-13-4-6-15-35(32)28-38)37-23-26-45-42(30-37)41-18-9-11-20-44(41)47(45)39-25-22-33-14-5-7-16-36(33)29-39;1-2/h3-9,11-18,20-30,46H,1,10,19H2,2H3;1-2H3/b31-27+,34-12+;. The summed E-state index contributed by atoms with van der Waals surface area (Å²) in [5.41, 5.74) is 10.7. The number of rotatable bonds is 7. The van der Waals surface area contributed by atoms with Gasteiger partial charge in [-0.15, -0.1) is 0 Å². The van der Waals surface area contributed by atoms with E-state index >= 15 is 0 Å². The molecule has 0 unspecified atom stereocenters. The molecule has 1 N–H and O–H groups in total. The molecule has 240 valence electrons. The molecule has 1 aliphatic rings. The van der Waals surface area contributed by atoms with Crippen LogP contribution < -0.4 is 5.32 Å². The SMILES string of the molecule is C=C/C=C(\C=C(/C)C1=C(Nc2ccc3ccccc3c2)CCC=C1)c1ccc2c(c1)c1ccccc1n2-c1ccc2ccccc2c1.CC. The van der Waals surface area contributed by atoms with Crippen molar-refractivity contribution in [1.29, 1.82) is 0 Å². The fraction of sp³-hybridized carbons (Fsp3) is 0.106. The van der Waals surface area contributed by atoms with Gasteiger partial charge in [-0.05, 0) is 106 Å². The molecule has 0 fully saturated rings. The van der Waals surface area contributed by atoms with Crippen LogP contribution in [0, 0.1) is 0 Å². The lowest BCUT2D eigenvalue weighted by Gasteiger charge is -2.19. The quantitative estimate of drug-likeness (QED) is 0.173. The van der Waals surface area contributed by atoms with Crippen LogP contribution in [0.3, 0.4) is 0 Å². The molecule has 1 heterocycles. The molecule has 0 aliphatic heterocycles. The Morgan fingerprint density at radius 1 is 0.694 bits per heavy atom. The van der Waals surface area contributed by atoms with E-state index in [-0.39, 0.29) is 0 Å². The zero-order chi connectivity index (χ0) is 33.7. The summed E-state index contributed by atoms with van der Waals surface area (Å²) in [4.78, 5) is 0. The number of allylic oxidation sites excluding steroid dienone is 9. The highest BCUT2D eigenvalue weighted by Crippen LogP contribution is 2.36. The Morgan fingerprint density at radius 2 is 1.37 bits per heavy atom. The van der Waals surface area contributed by atoms with Crippen LogP contribution in [0.2, 0.25) is 0 Å². The minimum Gasteiger partial charge on any atom is -0.358 e. The molecule has 0 spiro atoms. The molecule has 6 aromatic carbocycles. The monoisotopic (exact) mass is 634 g/mol. The van der Waals surface area contributed by atoms with Gasteiger partial charge in [0.2, 0.25) is 0 Å². The number of aromatic nitrogens is 1. The van der Waals surface area contributed by atoms with Crippen molar-refractivity contribution in [3.8, 4) is 5.69 Å². The number of para-hydroxylation sites is 1. The smallest absolute Gasteiger partial charge is 0.0541 e. The Kier molecular flexibility index (Phi) is 9.12. The maximum Gasteiger partial charge on any atom is 0.0541 e. The number of fused-ring (bicyclic) bond motifs is 5.